The van der Waals surface area contributed by atoms with Crippen molar-refractivity contribution in [3.05, 3.63) is 59.6 Å². The zero-order chi connectivity index (χ0) is 17.1. The van der Waals surface area contributed by atoms with Gasteiger partial charge in [-0.05, 0) is 55.6 Å². The number of carbonyl (C=O) groups excluding carboxylic acids is 1. The summed E-state index contributed by atoms with van der Waals surface area (Å²) in [5, 5.41) is 13.1. The monoisotopic (exact) mass is 388 g/mol. The first-order valence-electron chi connectivity index (χ1n) is 8.52. The molecule has 0 atom stereocenters. The molecule has 0 spiro atoms. The van der Waals surface area contributed by atoms with Crippen LogP contribution in [0.25, 0.3) is 16.3 Å². The van der Waals surface area contributed by atoms with Crippen LogP contribution in [0.3, 0.4) is 0 Å². The van der Waals surface area contributed by atoms with Crippen LogP contribution in [0.5, 0.6) is 0 Å². The van der Waals surface area contributed by atoms with Gasteiger partial charge in [-0.25, -0.2) is 4.68 Å². The normalized spacial score (nSPS) is 14.6. The van der Waals surface area contributed by atoms with Crippen LogP contribution in [0.4, 0.5) is 0 Å². The molecule has 1 aromatic carbocycles. The molecule has 2 N–H and O–H groups in total. The number of nitrogens with one attached hydrogen (secondary N) is 2. The van der Waals surface area contributed by atoms with Gasteiger partial charge in [0.05, 0.1) is 16.3 Å². The number of benzene rings is 1. The second-order valence-corrected chi connectivity index (χ2v) is 7.08. The first-order valence-corrected chi connectivity index (χ1v) is 9.40. The zero-order valence-electron chi connectivity index (χ0n) is 14.2. The lowest BCUT2D eigenvalue weighted by molar-refractivity contribution is 0.0924. The van der Waals surface area contributed by atoms with Gasteiger partial charge in [-0.3, -0.25) is 4.79 Å². The van der Waals surface area contributed by atoms with Gasteiger partial charge >= 0.3 is 0 Å². The van der Waals surface area contributed by atoms with Gasteiger partial charge in [0, 0.05) is 6.04 Å². The van der Waals surface area contributed by atoms with Crippen molar-refractivity contribution < 1.29 is 4.79 Å². The Bertz CT molecular complexity index is 842. The minimum Gasteiger partial charge on any atom is -0.348 e. The first-order chi connectivity index (χ1) is 12.3. The van der Waals surface area contributed by atoms with Crippen molar-refractivity contribution in [2.24, 2.45) is 0 Å². The third-order valence-corrected chi connectivity index (χ3v) is 5.28. The second kappa shape index (κ2) is 8.49. The molecule has 1 aliphatic rings. The minimum atomic E-state index is -0.0978. The van der Waals surface area contributed by atoms with Crippen LogP contribution in [0.2, 0.25) is 0 Å². The van der Waals surface area contributed by atoms with E-state index in [0.717, 1.165) is 42.2 Å². The van der Waals surface area contributed by atoms with Crippen LogP contribution >= 0.6 is 23.7 Å². The SMILES string of the molecule is Cl.O=C(NC1CCNCC1)c1cc(-c2cccs2)n(-c2ccccc2)n1. The Kier molecular flexibility index (Phi) is 6.08. The molecular weight excluding hydrogens is 368 g/mol. The van der Waals surface area contributed by atoms with Crippen LogP contribution < -0.4 is 10.6 Å². The van der Waals surface area contributed by atoms with Gasteiger partial charge < -0.3 is 10.6 Å². The second-order valence-electron chi connectivity index (χ2n) is 6.14. The highest BCUT2D eigenvalue weighted by molar-refractivity contribution is 7.13. The number of aromatic nitrogens is 2. The lowest BCUT2D eigenvalue weighted by Crippen LogP contribution is -2.42. The number of nitrogens with zero attached hydrogens (tertiary/aromatic N) is 2. The van der Waals surface area contributed by atoms with E-state index in [4.69, 9.17) is 0 Å². The maximum absolute atomic E-state index is 12.7. The van der Waals surface area contributed by atoms with Gasteiger partial charge in [0.15, 0.2) is 5.69 Å². The van der Waals surface area contributed by atoms with Gasteiger partial charge in [0.1, 0.15) is 0 Å². The van der Waals surface area contributed by atoms with Crippen molar-refractivity contribution in [3.63, 3.8) is 0 Å². The predicted octanol–water partition coefficient (Wildman–Crippen LogP) is 3.50. The molecule has 4 rings (SSSR count). The third-order valence-electron chi connectivity index (χ3n) is 4.39. The molecule has 0 unspecified atom stereocenters. The van der Waals surface area contributed by atoms with E-state index in [0.29, 0.717) is 5.69 Å². The summed E-state index contributed by atoms with van der Waals surface area (Å²) in [6.07, 6.45) is 1.92. The smallest absolute Gasteiger partial charge is 0.272 e. The summed E-state index contributed by atoms with van der Waals surface area (Å²) in [6.45, 7) is 1.90. The predicted molar refractivity (Wildman–Crippen MR) is 107 cm³/mol. The number of hydrogen-bond donors (Lipinski definition) is 2. The van der Waals surface area contributed by atoms with Crippen LogP contribution in [0, 0.1) is 0 Å². The van der Waals surface area contributed by atoms with Crippen molar-refractivity contribution in [1.29, 1.82) is 0 Å². The van der Waals surface area contributed by atoms with Gasteiger partial charge in [0.2, 0.25) is 0 Å². The van der Waals surface area contributed by atoms with Crippen LogP contribution in [0.15, 0.2) is 53.9 Å². The van der Waals surface area contributed by atoms with Crippen molar-refractivity contribution >= 4 is 29.7 Å². The third kappa shape index (κ3) is 3.98. The molecule has 0 bridgehead atoms. The van der Waals surface area contributed by atoms with Gasteiger partial charge in [-0.15, -0.1) is 23.7 Å². The Morgan fingerprint density at radius 1 is 1.15 bits per heavy atom. The zero-order valence-corrected chi connectivity index (χ0v) is 15.9. The van der Waals surface area contributed by atoms with E-state index in [1.54, 1.807) is 11.3 Å². The number of piperidine rings is 1. The lowest BCUT2D eigenvalue weighted by Gasteiger charge is -2.23. The van der Waals surface area contributed by atoms with E-state index >= 15 is 0 Å². The van der Waals surface area contributed by atoms with Crippen molar-refractivity contribution in [1.82, 2.24) is 20.4 Å². The fourth-order valence-electron chi connectivity index (χ4n) is 3.08. The average molecular weight is 389 g/mol. The number of carbonyl (C=O) groups is 1. The maximum Gasteiger partial charge on any atom is 0.272 e. The molecule has 3 heterocycles. The summed E-state index contributed by atoms with van der Waals surface area (Å²) in [6, 6.07) is 16.1. The van der Waals surface area contributed by atoms with Gasteiger partial charge in [0.25, 0.3) is 5.91 Å². The molecule has 0 saturated carbocycles. The largest absolute Gasteiger partial charge is 0.348 e. The molecular formula is C19H21ClN4OS. The number of halogens is 1. The summed E-state index contributed by atoms with van der Waals surface area (Å²) in [4.78, 5) is 13.8. The Labute approximate surface area is 162 Å². The molecule has 136 valence electrons. The summed E-state index contributed by atoms with van der Waals surface area (Å²) >= 11 is 1.64. The molecule has 1 fully saturated rings. The van der Waals surface area contributed by atoms with Crippen molar-refractivity contribution in [2.45, 2.75) is 18.9 Å². The molecule has 0 radical (unpaired) electrons. The summed E-state index contributed by atoms with van der Waals surface area (Å²) in [5.74, 6) is -0.0978. The highest BCUT2D eigenvalue weighted by atomic mass is 35.5. The van der Waals surface area contributed by atoms with Gasteiger partial charge in [-0.2, -0.15) is 5.10 Å². The van der Waals surface area contributed by atoms with E-state index in [1.165, 1.54) is 0 Å². The number of hydrogen-bond acceptors (Lipinski definition) is 4. The summed E-state index contributed by atoms with van der Waals surface area (Å²) in [5.41, 5.74) is 2.36. The standard InChI is InChI=1S/C19H20N4OS.ClH/c24-19(21-14-8-10-20-11-9-14)16-13-17(18-7-4-12-25-18)23(22-16)15-5-2-1-3-6-15;/h1-7,12-14,20H,8-11H2,(H,21,24);1H. The maximum atomic E-state index is 12.7. The van der Waals surface area contributed by atoms with E-state index in [-0.39, 0.29) is 24.4 Å². The van der Waals surface area contributed by atoms with Gasteiger partial charge in [-0.1, -0.05) is 24.3 Å². The number of rotatable bonds is 4. The van der Waals surface area contributed by atoms with E-state index < -0.39 is 0 Å². The minimum absolute atomic E-state index is 0. The molecule has 1 saturated heterocycles. The van der Waals surface area contributed by atoms with E-state index in [9.17, 15) is 4.79 Å². The quantitative estimate of drug-likeness (QED) is 0.719. The lowest BCUT2D eigenvalue weighted by atomic mass is 10.1. The van der Waals surface area contributed by atoms with Crippen LogP contribution in [0.1, 0.15) is 23.3 Å². The molecule has 1 amide bonds. The Hall–Kier alpha value is -2.15. The van der Waals surface area contributed by atoms with Crippen LogP contribution in [-0.4, -0.2) is 34.8 Å². The first kappa shape index (κ1) is 18.6. The fourth-order valence-corrected chi connectivity index (χ4v) is 3.81. The van der Waals surface area contributed by atoms with E-state index in [2.05, 4.69) is 21.8 Å². The Morgan fingerprint density at radius 3 is 2.62 bits per heavy atom. The molecule has 5 nitrogen and oxygen atoms in total. The molecule has 3 aromatic rings. The highest BCUT2D eigenvalue weighted by Crippen LogP contribution is 2.28. The van der Waals surface area contributed by atoms with Crippen molar-refractivity contribution in [3.8, 4) is 16.3 Å². The molecule has 1 aliphatic heterocycles. The molecule has 26 heavy (non-hydrogen) atoms. The number of thiophene rings is 1. The highest BCUT2D eigenvalue weighted by Gasteiger charge is 2.21. The van der Waals surface area contributed by atoms with Crippen LogP contribution in [-0.2, 0) is 0 Å². The summed E-state index contributed by atoms with van der Waals surface area (Å²) < 4.78 is 1.85. The van der Waals surface area contributed by atoms with E-state index in [1.807, 2.05) is 52.5 Å². The summed E-state index contributed by atoms with van der Waals surface area (Å²) in [7, 11) is 0. The Balaban J connectivity index is 0.00000196. The fraction of sp³-hybridized carbons (Fsp3) is 0.263. The number of amides is 1. The topological polar surface area (TPSA) is 59.0 Å². The molecule has 2 aromatic heterocycles. The average Bonchev–Trinajstić information content (AvgIpc) is 3.33. The molecule has 7 heteroatoms. The van der Waals surface area contributed by atoms with Crippen molar-refractivity contribution in [2.75, 3.05) is 13.1 Å². The molecule has 0 aliphatic carbocycles. The number of para-hydroxylation sites is 1. The Morgan fingerprint density at radius 2 is 1.92 bits per heavy atom.